The highest BCUT2D eigenvalue weighted by molar-refractivity contribution is 5.89. The molecule has 0 bridgehead atoms. The van der Waals surface area contributed by atoms with Gasteiger partial charge < -0.3 is 15.0 Å². The normalized spacial score (nSPS) is 17.2. The monoisotopic (exact) mass is 314 g/mol. The fourth-order valence-electron chi connectivity index (χ4n) is 2.92. The maximum Gasteiger partial charge on any atom is 0.321 e. The van der Waals surface area contributed by atoms with E-state index in [1.54, 1.807) is 11.1 Å². The zero-order valence-electron chi connectivity index (χ0n) is 13.9. The Bertz CT molecular complexity index is 562. The predicted molar refractivity (Wildman–Crippen MR) is 92.9 cm³/mol. The lowest BCUT2D eigenvalue weighted by Crippen LogP contribution is -2.39. The first-order chi connectivity index (χ1) is 11.3. The highest BCUT2D eigenvalue weighted by Crippen LogP contribution is 2.36. The molecule has 0 aromatic heterocycles. The van der Waals surface area contributed by atoms with Crippen molar-refractivity contribution in [3.8, 4) is 5.75 Å². The third kappa shape index (κ3) is 4.50. The van der Waals surface area contributed by atoms with Gasteiger partial charge in [-0.2, -0.15) is 0 Å². The van der Waals surface area contributed by atoms with Crippen molar-refractivity contribution in [2.24, 2.45) is 0 Å². The summed E-state index contributed by atoms with van der Waals surface area (Å²) >= 11 is 0. The molecule has 0 unspecified atom stereocenters. The van der Waals surface area contributed by atoms with Crippen molar-refractivity contribution in [3.05, 3.63) is 35.4 Å². The van der Waals surface area contributed by atoms with Crippen LogP contribution in [0.4, 0.5) is 10.5 Å². The quantitative estimate of drug-likeness (QED) is 0.638. The van der Waals surface area contributed by atoms with Crippen LogP contribution in [-0.2, 0) is 0 Å². The molecule has 23 heavy (non-hydrogen) atoms. The topological polar surface area (TPSA) is 41.6 Å². The molecule has 1 aliphatic heterocycles. The lowest BCUT2D eigenvalue weighted by molar-refractivity contribution is 0.207. The molecule has 1 saturated carbocycles. The number of ether oxygens (including phenoxy) is 1. The van der Waals surface area contributed by atoms with Crippen molar-refractivity contribution in [3.63, 3.8) is 0 Å². The average molecular weight is 314 g/mol. The van der Waals surface area contributed by atoms with Crippen molar-refractivity contribution in [1.82, 2.24) is 4.90 Å². The number of amides is 2. The van der Waals surface area contributed by atoms with E-state index in [0.29, 0.717) is 0 Å². The lowest BCUT2D eigenvalue weighted by Gasteiger charge is -2.28. The van der Waals surface area contributed by atoms with Gasteiger partial charge in [-0.3, -0.25) is 0 Å². The van der Waals surface area contributed by atoms with E-state index >= 15 is 0 Å². The van der Waals surface area contributed by atoms with E-state index in [9.17, 15) is 4.79 Å². The van der Waals surface area contributed by atoms with Crippen molar-refractivity contribution in [1.29, 1.82) is 0 Å². The Hall–Kier alpha value is -1.97. The maximum absolute atomic E-state index is 12.3. The highest BCUT2D eigenvalue weighted by atomic mass is 16.5. The molecule has 2 aliphatic rings. The van der Waals surface area contributed by atoms with Crippen LogP contribution in [-0.4, -0.2) is 30.6 Å². The number of allylic oxidation sites excluding steroid dienone is 1. The molecule has 1 N–H and O–H groups in total. The van der Waals surface area contributed by atoms with Crippen molar-refractivity contribution >= 4 is 11.7 Å². The molecular weight excluding hydrogens is 288 g/mol. The SMILES string of the molecule is CCCCOc1ccc(NC(=O)N2CCC(=C3CC3)CC2)cc1. The van der Waals surface area contributed by atoms with Gasteiger partial charge in [0.05, 0.1) is 6.61 Å². The third-order valence-corrected chi connectivity index (χ3v) is 4.53. The van der Waals surface area contributed by atoms with E-state index in [-0.39, 0.29) is 6.03 Å². The zero-order chi connectivity index (χ0) is 16.1. The minimum absolute atomic E-state index is 0.00417. The van der Waals surface area contributed by atoms with Gasteiger partial charge in [0.2, 0.25) is 0 Å². The van der Waals surface area contributed by atoms with Gasteiger partial charge in [0.15, 0.2) is 0 Å². The van der Waals surface area contributed by atoms with E-state index in [1.165, 1.54) is 12.8 Å². The van der Waals surface area contributed by atoms with Crippen LogP contribution in [0.2, 0.25) is 0 Å². The molecule has 2 fully saturated rings. The Morgan fingerprint density at radius 2 is 1.74 bits per heavy atom. The minimum atomic E-state index is 0.00417. The summed E-state index contributed by atoms with van der Waals surface area (Å²) in [4.78, 5) is 14.2. The Morgan fingerprint density at radius 3 is 2.35 bits per heavy atom. The van der Waals surface area contributed by atoms with Crippen molar-refractivity contribution in [2.75, 3.05) is 25.0 Å². The van der Waals surface area contributed by atoms with E-state index in [0.717, 1.165) is 56.8 Å². The molecule has 2 amide bonds. The number of likely N-dealkylation sites (tertiary alicyclic amines) is 1. The van der Waals surface area contributed by atoms with Crippen LogP contribution in [0.1, 0.15) is 45.4 Å². The second-order valence-electron chi connectivity index (χ2n) is 6.35. The summed E-state index contributed by atoms with van der Waals surface area (Å²) in [6.45, 7) is 4.56. The van der Waals surface area contributed by atoms with Crippen molar-refractivity contribution < 1.29 is 9.53 Å². The standard InChI is InChI=1S/C19H26N2O2/c1-2-3-14-23-18-8-6-17(7-9-18)20-19(22)21-12-10-16(11-13-21)15-4-5-15/h6-9H,2-5,10-14H2,1H3,(H,20,22). The summed E-state index contributed by atoms with van der Waals surface area (Å²) in [7, 11) is 0. The fourth-order valence-corrected chi connectivity index (χ4v) is 2.92. The van der Waals surface area contributed by atoms with E-state index in [1.807, 2.05) is 29.2 Å². The molecule has 1 heterocycles. The largest absolute Gasteiger partial charge is 0.494 e. The summed E-state index contributed by atoms with van der Waals surface area (Å²) in [6.07, 6.45) is 6.86. The number of hydrogen-bond acceptors (Lipinski definition) is 2. The summed E-state index contributed by atoms with van der Waals surface area (Å²) in [5.41, 5.74) is 4.07. The van der Waals surface area contributed by atoms with Crippen molar-refractivity contribution in [2.45, 2.75) is 45.4 Å². The van der Waals surface area contributed by atoms with E-state index < -0.39 is 0 Å². The number of nitrogens with one attached hydrogen (secondary N) is 1. The first kappa shape index (κ1) is 15.9. The molecule has 1 aromatic rings. The predicted octanol–water partition coefficient (Wildman–Crippen LogP) is 4.58. The van der Waals surface area contributed by atoms with Gasteiger partial charge in [-0.15, -0.1) is 0 Å². The van der Waals surface area contributed by atoms with E-state index in [2.05, 4.69) is 12.2 Å². The number of nitrogens with zero attached hydrogens (tertiary/aromatic N) is 1. The molecule has 4 heteroatoms. The van der Waals surface area contributed by atoms with Gasteiger partial charge in [0, 0.05) is 18.8 Å². The molecule has 1 saturated heterocycles. The number of carbonyl (C=O) groups is 1. The highest BCUT2D eigenvalue weighted by Gasteiger charge is 2.24. The number of carbonyl (C=O) groups excluding carboxylic acids is 1. The summed E-state index contributed by atoms with van der Waals surface area (Å²) < 4.78 is 5.63. The molecule has 1 aliphatic carbocycles. The first-order valence-electron chi connectivity index (χ1n) is 8.75. The third-order valence-electron chi connectivity index (χ3n) is 4.53. The molecule has 124 valence electrons. The van der Waals surface area contributed by atoms with Crippen LogP contribution in [0.25, 0.3) is 0 Å². The second kappa shape index (κ2) is 7.53. The maximum atomic E-state index is 12.3. The molecule has 0 radical (unpaired) electrons. The molecule has 0 atom stereocenters. The molecule has 3 rings (SSSR count). The second-order valence-corrected chi connectivity index (χ2v) is 6.35. The van der Waals surface area contributed by atoms with E-state index in [4.69, 9.17) is 4.74 Å². The van der Waals surface area contributed by atoms with Gasteiger partial charge in [0.25, 0.3) is 0 Å². The first-order valence-corrected chi connectivity index (χ1v) is 8.75. The average Bonchev–Trinajstić information content (AvgIpc) is 3.42. The molecule has 1 aromatic carbocycles. The Labute approximate surface area is 138 Å². The Morgan fingerprint density at radius 1 is 1.09 bits per heavy atom. The van der Waals surface area contributed by atoms with Gasteiger partial charge in [0.1, 0.15) is 5.75 Å². The van der Waals surface area contributed by atoms with Crippen LogP contribution in [0.3, 0.4) is 0 Å². The fraction of sp³-hybridized carbons (Fsp3) is 0.526. The number of anilines is 1. The Balaban J connectivity index is 1.47. The van der Waals surface area contributed by atoms with Crippen LogP contribution >= 0.6 is 0 Å². The van der Waals surface area contributed by atoms with Crippen LogP contribution < -0.4 is 10.1 Å². The number of hydrogen-bond donors (Lipinski definition) is 1. The van der Waals surface area contributed by atoms with Crippen LogP contribution in [0.5, 0.6) is 5.75 Å². The number of urea groups is 1. The smallest absolute Gasteiger partial charge is 0.321 e. The Kier molecular flexibility index (Phi) is 5.21. The van der Waals surface area contributed by atoms with Gasteiger partial charge >= 0.3 is 6.03 Å². The zero-order valence-corrected chi connectivity index (χ0v) is 13.9. The summed E-state index contributed by atoms with van der Waals surface area (Å²) in [6, 6.07) is 7.64. The number of unbranched alkanes of at least 4 members (excludes halogenated alkanes) is 1. The summed E-state index contributed by atoms with van der Waals surface area (Å²) in [5, 5.41) is 2.98. The number of rotatable bonds is 5. The number of piperidine rings is 1. The minimum Gasteiger partial charge on any atom is -0.494 e. The van der Waals surface area contributed by atoms with Crippen LogP contribution in [0, 0.1) is 0 Å². The van der Waals surface area contributed by atoms with Gasteiger partial charge in [-0.05, 0) is 56.4 Å². The number of benzene rings is 1. The molecular formula is C19H26N2O2. The van der Waals surface area contributed by atoms with Crippen LogP contribution in [0.15, 0.2) is 35.4 Å². The molecule has 4 nitrogen and oxygen atoms in total. The van der Waals surface area contributed by atoms with Gasteiger partial charge in [-0.25, -0.2) is 4.79 Å². The van der Waals surface area contributed by atoms with Gasteiger partial charge in [-0.1, -0.05) is 24.5 Å². The summed E-state index contributed by atoms with van der Waals surface area (Å²) in [5.74, 6) is 0.857. The molecule has 0 spiro atoms. The lowest BCUT2D eigenvalue weighted by atomic mass is 10.0.